The zero-order valence-electron chi connectivity index (χ0n) is 23.0. The largest absolute Gasteiger partial charge is 0.469 e. The summed E-state index contributed by atoms with van der Waals surface area (Å²) in [5.41, 5.74) is -0.248. The number of esters is 3. The zero-order chi connectivity index (χ0) is 26.4. The second-order valence-corrected chi connectivity index (χ2v) is 12.8. The maximum Gasteiger partial charge on any atom is 0.305 e. The van der Waals surface area contributed by atoms with E-state index in [-0.39, 0.29) is 64.6 Å². The van der Waals surface area contributed by atoms with Crippen LogP contribution in [0.3, 0.4) is 0 Å². The van der Waals surface area contributed by atoms with Crippen LogP contribution in [-0.4, -0.2) is 48.4 Å². The lowest BCUT2D eigenvalue weighted by Gasteiger charge is -2.64. The molecule has 7 nitrogen and oxygen atoms in total. The van der Waals surface area contributed by atoms with Crippen LogP contribution in [0.2, 0.25) is 0 Å². The predicted molar refractivity (Wildman–Crippen MR) is 134 cm³/mol. The summed E-state index contributed by atoms with van der Waals surface area (Å²) in [5, 5.41) is 11.8. The van der Waals surface area contributed by atoms with Crippen molar-refractivity contribution in [2.75, 3.05) is 7.11 Å². The number of carbonyl (C=O) groups excluding carboxylic acids is 3. The number of aliphatic hydroxyl groups is 1. The van der Waals surface area contributed by atoms with Gasteiger partial charge in [-0.05, 0) is 91.8 Å². The Bertz CT molecular complexity index is 857. The molecule has 0 bridgehead atoms. The molecule has 0 saturated heterocycles. The smallest absolute Gasteiger partial charge is 0.305 e. The molecule has 7 heteroatoms. The van der Waals surface area contributed by atoms with E-state index >= 15 is 0 Å². The molecule has 4 saturated carbocycles. The highest BCUT2D eigenvalue weighted by Gasteiger charge is 2.66. The highest BCUT2D eigenvalue weighted by Crippen LogP contribution is 2.68. The first-order valence-electron chi connectivity index (χ1n) is 14.0. The van der Waals surface area contributed by atoms with Gasteiger partial charge in [0.25, 0.3) is 0 Å². The van der Waals surface area contributed by atoms with Gasteiger partial charge in [0, 0.05) is 26.2 Å². The summed E-state index contributed by atoms with van der Waals surface area (Å²) in [4.78, 5) is 35.7. The Morgan fingerprint density at radius 3 is 2.31 bits per heavy atom. The van der Waals surface area contributed by atoms with Crippen molar-refractivity contribution < 1.29 is 33.7 Å². The van der Waals surface area contributed by atoms with E-state index in [4.69, 9.17) is 14.2 Å². The number of rotatable bonds is 6. The van der Waals surface area contributed by atoms with Crippen LogP contribution in [0, 0.1) is 46.3 Å². The minimum absolute atomic E-state index is 0.0227. The van der Waals surface area contributed by atoms with Crippen LogP contribution in [0.15, 0.2) is 0 Å². The number of hydrogen-bond acceptors (Lipinski definition) is 7. The first kappa shape index (κ1) is 27.4. The molecule has 0 aromatic heterocycles. The number of ether oxygens (including phenoxy) is 3. The van der Waals surface area contributed by atoms with Gasteiger partial charge in [-0.25, -0.2) is 0 Å². The molecule has 1 N–H and O–H groups in total. The Kier molecular flexibility index (Phi) is 7.81. The Morgan fingerprint density at radius 2 is 1.67 bits per heavy atom. The fourth-order valence-corrected chi connectivity index (χ4v) is 9.42. The Hall–Kier alpha value is -1.63. The summed E-state index contributed by atoms with van der Waals surface area (Å²) < 4.78 is 16.5. The van der Waals surface area contributed by atoms with Crippen LogP contribution in [0.5, 0.6) is 0 Å². The van der Waals surface area contributed by atoms with E-state index in [2.05, 4.69) is 20.8 Å². The molecule has 4 rings (SSSR count). The molecule has 4 aliphatic carbocycles. The fourth-order valence-electron chi connectivity index (χ4n) is 9.42. The van der Waals surface area contributed by atoms with Crippen molar-refractivity contribution in [2.45, 2.75) is 111 Å². The predicted octanol–water partition coefficient (Wildman–Crippen LogP) is 4.68. The van der Waals surface area contributed by atoms with Crippen molar-refractivity contribution in [1.82, 2.24) is 0 Å². The van der Waals surface area contributed by atoms with Crippen molar-refractivity contribution in [3.05, 3.63) is 0 Å². The first-order valence-corrected chi connectivity index (χ1v) is 14.0. The summed E-state index contributed by atoms with van der Waals surface area (Å²) in [6.07, 6.45) is 6.59. The van der Waals surface area contributed by atoms with E-state index in [9.17, 15) is 19.5 Å². The minimum Gasteiger partial charge on any atom is -0.469 e. The summed E-state index contributed by atoms with van der Waals surface area (Å²) in [5.74, 6) is 0.965. The third-order valence-electron chi connectivity index (χ3n) is 11.2. The Balaban J connectivity index is 1.62. The maximum absolute atomic E-state index is 12.2. The summed E-state index contributed by atoms with van der Waals surface area (Å²) in [6.45, 7) is 9.78. The number of methoxy groups -OCH3 is 1. The average Bonchev–Trinajstić information content (AvgIpc) is 3.16. The van der Waals surface area contributed by atoms with Crippen LogP contribution in [0.25, 0.3) is 0 Å². The second-order valence-electron chi connectivity index (χ2n) is 12.8. The highest BCUT2D eigenvalue weighted by atomic mass is 16.5. The van der Waals surface area contributed by atoms with E-state index in [0.29, 0.717) is 24.7 Å². The first-order chi connectivity index (χ1) is 16.9. The minimum atomic E-state index is -0.434. The molecule has 0 aromatic rings. The lowest BCUT2D eigenvalue weighted by atomic mass is 9.43. The van der Waals surface area contributed by atoms with E-state index in [1.165, 1.54) is 21.0 Å². The van der Waals surface area contributed by atoms with E-state index in [1.807, 2.05) is 0 Å². The lowest BCUT2D eigenvalue weighted by Crippen LogP contribution is -2.63. The van der Waals surface area contributed by atoms with Crippen molar-refractivity contribution in [1.29, 1.82) is 0 Å². The quantitative estimate of drug-likeness (QED) is 0.412. The fraction of sp³-hybridized carbons (Fsp3) is 0.897. The Labute approximate surface area is 216 Å². The van der Waals surface area contributed by atoms with Gasteiger partial charge in [0.15, 0.2) is 0 Å². The second kappa shape index (κ2) is 10.3. The lowest BCUT2D eigenvalue weighted by molar-refractivity contribution is -0.218. The van der Waals surface area contributed by atoms with Gasteiger partial charge in [-0.15, -0.1) is 0 Å². The molecule has 0 radical (unpaired) electrons. The van der Waals surface area contributed by atoms with Crippen molar-refractivity contribution >= 4 is 17.9 Å². The standard InChI is InChI=1S/C29H46O7/c1-16(7-10-26(33)34-6)21-8-9-22-27-23(15-25(32)29(21,22)5)28(4)12-11-20(35-17(2)30)13-19(28)14-24(27)36-18(3)31/h16,19-25,27,32H,7-15H2,1-6H3/t16-,19-,20+,21+,22?,23?,24+,25-,27?,28-,29+/m0/s1. The molecule has 4 aliphatic rings. The van der Waals surface area contributed by atoms with Gasteiger partial charge in [0.05, 0.1) is 13.2 Å². The van der Waals surface area contributed by atoms with E-state index < -0.39 is 6.10 Å². The van der Waals surface area contributed by atoms with Gasteiger partial charge in [0.2, 0.25) is 0 Å². The molecule has 4 fully saturated rings. The van der Waals surface area contributed by atoms with Gasteiger partial charge in [-0.3, -0.25) is 14.4 Å². The molecular formula is C29H46O7. The van der Waals surface area contributed by atoms with Crippen LogP contribution in [0.4, 0.5) is 0 Å². The molecule has 0 aromatic carbocycles. The number of fused-ring (bicyclic) bond motifs is 5. The van der Waals surface area contributed by atoms with Gasteiger partial charge < -0.3 is 19.3 Å². The van der Waals surface area contributed by atoms with Gasteiger partial charge in [0.1, 0.15) is 12.2 Å². The maximum atomic E-state index is 12.2. The van der Waals surface area contributed by atoms with Gasteiger partial charge >= 0.3 is 17.9 Å². The molecule has 11 atom stereocenters. The average molecular weight is 507 g/mol. The molecule has 0 aliphatic heterocycles. The van der Waals surface area contributed by atoms with Gasteiger partial charge in [-0.1, -0.05) is 20.8 Å². The van der Waals surface area contributed by atoms with Crippen LogP contribution < -0.4 is 0 Å². The number of carbonyl (C=O) groups is 3. The third-order valence-corrected chi connectivity index (χ3v) is 11.2. The molecule has 0 heterocycles. The van der Waals surface area contributed by atoms with E-state index in [0.717, 1.165) is 44.9 Å². The van der Waals surface area contributed by atoms with Crippen LogP contribution >= 0.6 is 0 Å². The highest BCUT2D eigenvalue weighted by molar-refractivity contribution is 5.69. The SMILES string of the molecule is COC(=O)CC[C@H](C)[C@H]1CCC2C3C(C[C@H](O)[C@@]21C)[C@@]1(C)CC[C@@H](OC(C)=O)C[C@H]1C[C@H]3OC(C)=O. The van der Waals surface area contributed by atoms with Crippen LogP contribution in [-0.2, 0) is 28.6 Å². The third kappa shape index (κ3) is 4.69. The summed E-state index contributed by atoms with van der Waals surface area (Å²) in [6, 6.07) is 0. The van der Waals surface area contributed by atoms with Crippen molar-refractivity contribution in [3.8, 4) is 0 Å². The molecular weight excluding hydrogens is 460 g/mol. The zero-order valence-corrected chi connectivity index (χ0v) is 23.0. The number of aliphatic hydroxyl groups excluding tert-OH is 1. The molecule has 204 valence electrons. The molecule has 0 spiro atoms. The monoisotopic (exact) mass is 506 g/mol. The van der Waals surface area contributed by atoms with Gasteiger partial charge in [-0.2, -0.15) is 0 Å². The number of hydrogen-bond donors (Lipinski definition) is 1. The molecule has 3 unspecified atom stereocenters. The van der Waals surface area contributed by atoms with Crippen LogP contribution in [0.1, 0.15) is 92.4 Å². The van der Waals surface area contributed by atoms with Crippen molar-refractivity contribution in [2.24, 2.45) is 46.3 Å². The molecule has 0 amide bonds. The van der Waals surface area contributed by atoms with Crippen molar-refractivity contribution in [3.63, 3.8) is 0 Å². The van der Waals surface area contributed by atoms with E-state index in [1.54, 1.807) is 0 Å². The summed E-state index contributed by atoms with van der Waals surface area (Å²) >= 11 is 0. The summed E-state index contributed by atoms with van der Waals surface area (Å²) in [7, 11) is 1.43. The molecule has 36 heavy (non-hydrogen) atoms. The normalized spacial score (nSPS) is 44.4. The Morgan fingerprint density at radius 1 is 0.972 bits per heavy atom. The topological polar surface area (TPSA) is 99.1 Å².